The van der Waals surface area contributed by atoms with Crippen molar-refractivity contribution in [3.63, 3.8) is 0 Å². The average Bonchev–Trinajstić information content (AvgIpc) is 3.20. The van der Waals surface area contributed by atoms with Gasteiger partial charge in [-0.25, -0.2) is 0 Å². The van der Waals surface area contributed by atoms with Crippen LogP contribution in [0.3, 0.4) is 0 Å². The van der Waals surface area contributed by atoms with E-state index in [1.807, 2.05) is 30.3 Å². The lowest BCUT2D eigenvalue weighted by Gasteiger charge is -2.22. The van der Waals surface area contributed by atoms with Crippen LogP contribution in [0.25, 0.3) is 0 Å². The Hall–Kier alpha value is -1.42. The fraction of sp³-hybridized carbons (Fsp3) is 0.429. The third-order valence-corrected chi connectivity index (χ3v) is 6.15. The highest BCUT2D eigenvalue weighted by Gasteiger charge is 2.45. The molecule has 2 aliphatic rings. The molecule has 2 aromatic rings. The molecular weight excluding hydrogens is 369 g/mol. The van der Waals surface area contributed by atoms with Crippen LogP contribution in [0, 0.1) is 0 Å². The predicted molar refractivity (Wildman–Crippen MR) is 106 cm³/mol. The van der Waals surface area contributed by atoms with Gasteiger partial charge in [0.2, 0.25) is 0 Å². The van der Waals surface area contributed by atoms with Gasteiger partial charge in [-0.2, -0.15) is 0 Å². The topological polar surface area (TPSA) is 21.7 Å². The summed E-state index contributed by atoms with van der Waals surface area (Å²) in [6.07, 6.45) is 2.36. The molecule has 26 heavy (non-hydrogen) atoms. The number of hydrogen-bond donors (Lipinski definition) is 0. The van der Waals surface area contributed by atoms with E-state index in [0.29, 0.717) is 16.7 Å². The molecule has 1 fully saturated rings. The fourth-order valence-corrected chi connectivity index (χ4v) is 4.58. The number of fused-ring (bicyclic) bond motifs is 2. The van der Waals surface area contributed by atoms with E-state index >= 15 is 0 Å². The molecule has 2 aliphatic heterocycles. The summed E-state index contributed by atoms with van der Waals surface area (Å²) in [5, 5.41) is 1.24. The molecule has 0 amide bonds. The molecule has 1 spiro atoms. The van der Waals surface area contributed by atoms with Crippen molar-refractivity contribution in [2.75, 3.05) is 26.2 Å². The molecule has 1 saturated heterocycles. The largest absolute Gasteiger partial charge is 0.492 e. The third kappa shape index (κ3) is 3.28. The Labute approximate surface area is 164 Å². The van der Waals surface area contributed by atoms with Gasteiger partial charge >= 0.3 is 0 Å². The summed E-state index contributed by atoms with van der Waals surface area (Å²) in [5.74, 6) is 1.73. The Morgan fingerprint density at radius 3 is 2.77 bits per heavy atom. The molecule has 0 aromatic heterocycles. The standard InChI is InChI=1S/C21H23Cl2NO2/c1-2-9-24-10-8-21(13-24)14-26-20-11-15(6-7-17(20)21)25-12-16-18(22)4-3-5-19(16)23/h3-7,11H,2,8-10,12-14H2,1H3. The Balaban J connectivity index is 1.49. The van der Waals surface area contributed by atoms with Crippen molar-refractivity contribution in [1.29, 1.82) is 0 Å². The lowest BCUT2D eigenvalue weighted by molar-refractivity contribution is 0.250. The van der Waals surface area contributed by atoms with E-state index in [1.165, 1.54) is 12.0 Å². The molecule has 0 bridgehead atoms. The summed E-state index contributed by atoms with van der Waals surface area (Å²) in [6, 6.07) is 11.7. The van der Waals surface area contributed by atoms with Gasteiger partial charge in [-0.15, -0.1) is 0 Å². The van der Waals surface area contributed by atoms with Gasteiger partial charge in [0.25, 0.3) is 0 Å². The van der Waals surface area contributed by atoms with Gasteiger partial charge in [0, 0.05) is 39.2 Å². The molecular formula is C21H23Cl2NO2. The van der Waals surface area contributed by atoms with Crippen LogP contribution in [0.4, 0.5) is 0 Å². The summed E-state index contributed by atoms with van der Waals surface area (Å²) in [6.45, 7) is 6.74. The van der Waals surface area contributed by atoms with E-state index in [-0.39, 0.29) is 5.41 Å². The summed E-state index contributed by atoms with van der Waals surface area (Å²) in [5.41, 5.74) is 2.27. The molecule has 138 valence electrons. The van der Waals surface area contributed by atoms with E-state index in [1.54, 1.807) is 0 Å². The van der Waals surface area contributed by atoms with Crippen molar-refractivity contribution in [2.24, 2.45) is 0 Å². The molecule has 0 N–H and O–H groups in total. The van der Waals surface area contributed by atoms with E-state index in [9.17, 15) is 0 Å². The lowest BCUT2D eigenvalue weighted by atomic mass is 9.82. The maximum absolute atomic E-state index is 6.22. The van der Waals surface area contributed by atoms with Gasteiger partial charge < -0.3 is 14.4 Å². The summed E-state index contributed by atoms with van der Waals surface area (Å²) in [4.78, 5) is 2.54. The fourth-order valence-electron chi connectivity index (χ4n) is 4.07. The van der Waals surface area contributed by atoms with Gasteiger partial charge in [0.15, 0.2) is 0 Å². The van der Waals surface area contributed by atoms with Crippen LogP contribution in [0.5, 0.6) is 11.5 Å². The Morgan fingerprint density at radius 1 is 1.19 bits per heavy atom. The van der Waals surface area contributed by atoms with Crippen molar-refractivity contribution >= 4 is 23.2 Å². The maximum atomic E-state index is 6.22. The van der Waals surface area contributed by atoms with E-state index < -0.39 is 0 Å². The van der Waals surface area contributed by atoms with Crippen LogP contribution in [-0.4, -0.2) is 31.1 Å². The second-order valence-electron chi connectivity index (χ2n) is 7.24. The van der Waals surface area contributed by atoms with Gasteiger partial charge in [-0.1, -0.05) is 42.3 Å². The number of halogens is 2. The molecule has 4 rings (SSSR count). The normalized spacial score (nSPS) is 21.8. The highest BCUT2D eigenvalue weighted by molar-refractivity contribution is 6.35. The summed E-state index contributed by atoms with van der Waals surface area (Å²) < 4.78 is 12.0. The highest BCUT2D eigenvalue weighted by atomic mass is 35.5. The molecule has 1 atom stereocenters. The third-order valence-electron chi connectivity index (χ3n) is 5.45. The zero-order chi connectivity index (χ0) is 18.1. The number of likely N-dealkylation sites (tertiary alicyclic amines) is 1. The van der Waals surface area contributed by atoms with Crippen molar-refractivity contribution in [2.45, 2.75) is 31.8 Å². The first kappa shape index (κ1) is 18.0. The highest BCUT2D eigenvalue weighted by Crippen LogP contribution is 2.46. The second-order valence-corrected chi connectivity index (χ2v) is 8.06. The molecule has 1 unspecified atom stereocenters. The van der Waals surface area contributed by atoms with Crippen molar-refractivity contribution in [1.82, 2.24) is 4.90 Å². The molecule has 2 heterocycles. The average molecular weight is 392 g/mol. The van der Waals surface area contributed by atoms with Crippen LogP contribution in [-0.2, 0) is 12.0 Å². The Morgan fingerprint density at radius 2 is 2.00 bits per heavy atom. The zero-order valence-electron chi connectivity index (χ0n) is 14.9. The van der Waals surface area contributed by atoms with Gasteiger partial charge in [0.05, 0.1) is 6.61 Å². The Kier molecular flexibility index (Phi) is 5.05. The van der Waals surface area contributed by atoms with Crippen LogP contribution < -0.4 is 9.47 Å². The zero-order valence-corrected chi connectivity index (χ0v) is 16.4. The van der Waals surface area contributed by atoms with Crippen molar-refractivity contribution in [3.05, 3.63) is 57.6 Å². The minimum Gasteiger partial charge on any atom is -0.492 e. The first-order valence-corrected chi connectivity index (χ1v) is 9.92. The minimum atomic E-state index is 0.148. The van der Waals surface area contributed by atoms with E-state index in [2.05, 4.69) is 17.9 Å². The van der Waals surface area contributed by atoms with Crippen LogP contribution in [0.1, 0.15) is 30.9 Å². The monoisotopic (exact) mass is 391 g/mol. The second kappa shape index (κ2) is 7.30. The summed E-state index contributed by atoms with van der Waals surface area (Å²) >= 11 is 12.4. The first-order chi connectivity index (χ1) is 12.6. The van der Waals surface area contributed by atoms with Crippen LogP contribution >= 0.6 is 23.2 Å². The maximum Gasteiger partial charge on any atom is 0.126 e. The molecule has 3 nitrogen and oxygen atoms in total. The first-order valence-electron chi connectivity index (χ1n) is 9.17. The summed E-state index contributed by atoms with van der Waals surface area (Å²) in [7, 11) is 0. The van der Waals surface area contributed by atoms with Gasteiger partial charge in [-0.05, 0) is 44.1 Å². The number of benzene rings is 2. The number of hydrogen-bond acceptors (Lipinski definition) is 3. The predicted octanol–water partition coefficient (Wildman–Crippen LogP) is 5.32. The quantitative estimate of drug-likeness (QED) is 0.688. The van der Waals surface area contributed by atoms with Crippen molar-refractivity contribution in [3.8, 4) is 11.5 Å². The van der Waals surface area contributed by atoms with Crippen molar-refractivity contribution < 1.29 is 9.47 Å². The van der Waals surface area contributed by atoms with Gasteiger partial charge in [-0.3, -0.25) is 0 Å². The number of ether oxygens (including phenoxy) is 2. The van der Waals surface area contributed by atoms with E-state index in [0.717, 1.165) is 49.7 Å². The minimum absolute atomic E-state index is 0.148. The smallest absolute Gasteiger partial charge is 0.126 e. The van der Waals surface area contributed by atoms with Crippen LogP contribution in [0.2, 0.25) is 10.0 Å². The molecule has 0 saturated carbocycles. The lowest BCUT2D eigenvalue weighted by Crippen LogP contribution is -2.32. The molecule has 0 radical (unpaired) electrons. The number of rotatable bonds is 5. The SMILES string of the molecule is CCCN1CCC2(COc3cc(OCc4c(Cl)cccc4Cl)ccc32)C1. The number of nitrogens with zero attached hydrogens (tertiary/aromatic N) is 1. The van der Waals surface area contributed by atoms with Crippen LogP contribution in [0.15, 0.2) is 36.4 Å². The van der Waals surface area contributed by atoms with Gasteiger partial charge in [0.1, 0.15) is 18.1 Å². The Bertz CT molecular complexity index is 790. The molecule has 2 aromatic carbocycles. The van der Waals surface area contributed by atoms with E-state index in [4.69, 9.17) is 32.7 Å². The molecule has 5 heteroatoms. The molecule has 0 aliphatic carbocycles.